The summed E-state index contributed by atoms with van der Waals surface area (Å²) in [6, 6.07) is 13.7. The van der Waals surface area contributed by atoms with Gasteiger partial charge in [0.05, 0.1) is 5.56 Å². The molecule has 0 saturated carbocycles. The lowest BCUT2D eigenvalue weighted by atomic mass is 10.0. The SMILES string of the molecule is O=Cc1ccccc1-c1ccc(N2CCN(c3ccc(C(F)(F)F)cn3)CC2)nc1. The summed E-state index contributed by atoms with van der Waals surface area (Å²) in [4.78, 5) is 23.8. The molecule has 0 amide bonds. The topological polar surface area (TPSA) is 49.3 Å². The van der Waals surface area contributed by atoms with Crippen molar-refractivity contribution in [1.29, 1.82) is 0 Å². The smallest absolute Gasteiger partial charge is 0.353 e. The molecule has 1 saturated heterocycles. The summed E-state index contributed by atoms with van der Waals surface area (Å²) in [5.41, 5.74) is 1.58. The maximum Gasteiger partial charge on any atom is 0.417 e. The van der Waals surface area contributed by atoms with Gasteiger partial charge in [0.25, 0.3) is 0 Å². The molecule has 0 spiro atoms. The number of carbonyl (C=O) groups excluding carboxylic acids is 1. The Morgan fingerprint density at radius 3 is 1.90 bits per heavy atom. The molecule has 3 heterocycles. The Hall–Kier alpha value is -3.42. The summed E-state index contributed by atoms with van der Waals surface area (Å²) in [7, 11) is 0. The minimum atomic E-state index is -4.38. The zero-order chi connectivity index (χ0) is 21.1. The predicted molar refractivity (Wildman–Crippen MR) is 109 cm³/mol. The van der Waals surface area contributed by atoms with E-state index in [1.165, 1.54) is 6.07 Å². The lowest BCUT2D eigenvalue weighted by Crippen LogP contribution is -2.47. The number of anilines is 2. The van der Waals surface area contributed by atoms with Crippen LogP contribution >= 0.6 is 0 Å². The van der Waals surface area contributed by atoms with E-state index in [2.05, 4.69) is 14.9 Å². The van der Waals surface area contributed by atoms with Gasteiger partial charge in [-0.1, -0.05) is 24.3 Å². The molecule has 1 fully saturated rings. The van der Waals surface area contributed by atoms with Crippen molar-refractivity contribution in [2.24, 2.45) is 0 Å². The molecule has 0 aliphatic carbocycles. The normalized spacial score (nSPS) is 14.6. The molecule has 1 aliphatic rings. The van der Waals surface area contributed by atoms with E-state index >= 15 is 0 Å². The minimum Gasteiger partial charge on any atom is -0.353 e. The van der Waals surface area contributed by atoms with E-state index in [9.17, 15) is 18.0 Å². The Labute approximate surface area is 171 Å². The van der Waals surface area contributed by atoms with E-state index in [0.717, 1.165) is 35.5 Å². The highest BCUT2D eigenvalue weighted by molar-refractivity contribution is 5.87. The van der Waals surface area contributed by atoms with E-state index in [0.29, 0.717) is 37.6 Å². The summed E-state index contributed by atoms with van der Waals surface area (Å²) >= 11 is 0. The van der Waals surface area contributed by atoms with Crippen LogP contribution in [0.2, 0.25) is 0 Å². The first-order valence-corrected chi connectivity index (χ1v) is 9.49. The Kier molecular flexibility index (Phi) is 5.39. The Balaban J connectivity index is 1.41. The number of hydrogen-bond donors (Lipinski definition) is 0. The van der Waals surface area contributed by atoms with Gasteiger partial charge >= 0.3 is 6.18 Å². The monoisotopic (exact) mass is 412 g/mol. The number of nitrogens with zero attached hydrogens (tertiary/aromatic N) is 4. The summed E-state index contributed by atoms with van der Waals surface area (Å²) in [5, 5.41) is 0. The third-order valence-electron chi connectivity index (χ3n) is 5.15. The van der Waals surface area contributed by atoms with Gasteiger partial charge < -0.3 is 9.80 Å². The van der Waals surface area contributed by atoms with Crippen molar-refractivity contribution in [3.8, 4) is 11.1 Å². The molecule has 0 bridgehead atoms. The van der Waals surface area contributed by atoms with Crippen LogP contribution in [-0.2, 0) is 6.18 Å². The van der Waals surface area contributed by atoms with Crippen LogP contribution in [-0.4, -0.2) is 42.4 Å². The Morgan fingerprint density at radius 1 is 0.800 bits per heavy atom. The van der Waals surface area contributed by atoms with Crippen LogP contribution in [0.1, 0.15) is 15.9 Å². The number of pyridine rings is 2. The number of hydrogen-bond acceptors (Lipinski definition) is 5. The van der Waals surface area contributed by atoms with E-state index in [-0.39, 0.29) is 0 Å². The number of benzene rings is 1. The minimum absolute atomic E-state index is 0.538. The van der Waals surface area contributed by atoms with Crippen LogP contribution in [0.15, 0.2) is 60.9 Å². The van der Waals surface area contributed by atoms with E-state index in [1.54, 1.807) is 12.3 Å². The van der Waals surface area contributed by atoms with Gasteiger partial charge in [-0.05, 0) is 29.8 Å². The molecule has 1 aromatic carbocycles. The van der Waals surface area contributed by atoms with Gasteiger partial charge in [-0.2, -0.15) is 13.2 Å². The maximum atomic E-state index is 12.7. The Morgan fingerprint density at radius 2 is 1.40 bits per heavy atom. The van der Waals surface area contributed by atoms with Crippen LogP contribution in [0, 0.1) is 0 Å². The van der Waals surface area contributed by atoms with Gasteiger partial charge in [0.15, 0.2) is 6.29 Å². The van der Waals surface area contributed by atoms with Gasteiger partial charge in [0.2, 0.25) is 0 Å². The number of rotatable bonds is 4. The fraction of sp³-hybridized carbons (Fsp3) is 0.227. The number of aldehydes is 1. The second-order valence-corrected chi connectivity index (χ2v) is 6.99. The lowest BCUT2D eigenvalue weighted by molar-refractivity contribution is -0.137. The highest BCUT2D eigenvalue weighted by Gasteiger charge is 2.31. The standard InChI is InChI=1S/C22H19F3N4O/c23-22(24,25)18-6-8-21(27-14-18)29-11-9-28(10-12-29)20-7-5-16(13-26-20)19-4-2-1-3-17(19)15-30/h1-8,13-15H,9-12H2. The molecular formula is C22H19F3N4O. The average molecular weight is 412 g/mol. The first kappa shape index (κ1) is 19.9. The molecule has 0 atom stereocenters. The van der Waals surface area contributed by atoms with Crippen LogP contribution < -0.4 is 9.80 Å². The van der Waals surface area contributed by atoms with Crippen molar-refractivity contribution < 1.29 is 18.0 Å². The summed E-state index contributed by atoms with van der Waals surface area (Å²) in [6.07, 6.45) is -0.924. The first-order valence-electron chi connectivity index (χ1n) is 9.49. The maximum absolute atomic E-state index is 12.7. The number of piperazine rings is 1. The molecule has 0 N–H and O–H groups in total. The summed E-state index contributed by atoms with van der Waals surface area (Å²) in [5.74, 6) is 1.36. The van der Waals surface area contributed by atoms with E-state index < -0.39 is 11.7 Å². The van der Waals surface area contributed by atoms with Gasteiger partial charge in [0.1, 0.15) is 11.6 Å². The predicted octanol–water partition coefficient (Wildman–Crippen LogP) is 4.30. The fourth-order valence-electron chi connectivity index (χ4n) is 3.50. The molecule has 3 aromatic rings. The second kappa shape index (κ2) is 8.14. The molecule has 30 heavy (non-hydrogen) atoms. The van der Waals surface area contributed by atoms with Crippen molar-refractivity contribution in [3.05, 3.63) is 72.1 Å². The number of aromatic nitrogens is 2. The Bertz CT molecular complexity index is 1010. The third-order valence-corrected chi connectivity index (χ3v) is 5.15. The molecule has 8 heteroatoms. The molecule has 2 aromatic heterocycles. The molecule has 0 radical (unpaired) electrons. The van der Waals surface area contributed by atoms with Crippen molar-refractivity contribution in [3.63, 3.8) is 0 Å². The van der Waals surface area contributed by atoms with Crippen molar-refractivity contribution in [2.45, 2.75) is 6.18 Å². The van der Waals surface area contributed by atoms with Crippen molar-refractivity contribution in [1.82, 2.24) is 9.97 Å². The third kappa shape index (κ3) is 4.12. The second-order valence-electron chi connectivity index (χ2n) is 6.99. The van der Waals surface area contributed by atoms with Crippen LogP contribution in [0.5, 0.6) is 0 Å². The largest absolute Gasteiger partial charge is 0.417 e. The molecule has 0 unspecified atom stereocenters. The van der Waals surface area contributed by atoms with E-state index in [1.807, 2.05) is 35.2 Å². The highest BCUT2D eigenvalue weighted by Crippen LogP contribution is 2.30. The summed E-state index contributed by atoms with van der Waals surface area (Å²) in [6.45, 7) is 2.63. The number of alkyl halides is 3. The van der Waals surface area contributed by atoms with Crippen LogP contribution in [0.25, 0.3) is 11.1 Å². The molecule has 1 aliphatic heterocycles. The number of carbonyl (C=O) groups is 1. The van der Waals surface area contributed by atoms with Gasteiger partial charge in [-0.15, -0.1) is 0 Å². The van der Waals surface area contributed by atoms with E-state index in [4.69, 9.17) is 0 Å². The molecule has 154 valence electrons. The zero-order valence-electron chi connectivity index (χ0n) is 16.0. The quantitative estimate of drug-likeness (QED) is 0.598. The molecule has 5 nitrogen and oxygen atoms in total. The average Bonchev–Trinajstić information content (AvgIpc) is 2.79. The van der Waals surface area contributed by atoms with Gasteiger partial charge in [-0.3, -0.25) is 4.79 Å². The zero-order valence-corrected chi connectivity index (χ0v) is 16.0. The molecule has 4 rings (SSSR count). The van der Waals surface area contributed by atoms with Crippen LogP contribution in [0.3, 0.4) is 0 Å². The van der Waals surface area contributed by atoms with Gasteiger partial charge in [-0.25, -0.2) is 9.97 Å². The first-order chi connectivity index (χ1) is 14.5. The lowest BCUT2D eigenvalue weighted by Gasteiger charge is -2.36. The van der Waals surface area contributed by atoms with Crippen LogP contribution in [0.4, 0.5) is 24.8 Å². The van der Waals surface area contributed by atoms with Gasteiger partial charge in [0, 0.05) is 49.7 Å². The molecular weight excluding hydrogens is 393 g/mol. The van der Waals surface area contributed by atoms with Crippen molar-refractivity contribution >= 4 is 17.9 Å². The number of halogens is 3. The highest BCUT2D eigenvalue weighted by atomic mass is 19.4. The fourth-order valence-corrected chi connectivity index (χ4v) is 3.50. The summed E-state index contributed by atoms with van der Waals surface area (Å²) < 4.78 is 38.1. The van der Waals surface area contributed by atoms with Crippen molar-refractivity contribution in [2.75, 3.05) is 36.0 Å².